The second-order valence-electron chi connectivity index (χ2n) is 6.27. The molecule has 134 valence electrons. The van der Waals surface area contributed by atoms with Gasteiger partial charge in [-0.1, -0.05) is 11.6 Å². The molecular formula is C20H19ClN2O3. The molecule has 5 nitrogen and oxygen atoms in total. The van der Waals surface area contributed by atoms with E-state index in [0.29, 0.717) is 30.0 Å². The standard InChI is InChI=1S/C20H19ClN2O3/c1-25-18-12-14(13-19-17(18)6-11-26-19)20(24)23-9-7-22(8-10-23)16-4-2-15(21)3-5-16/h2-6,11-13H,7-10H2,1H3. The van der Waals surface area contributed by atoms with Gasteiger partial charge in [-0.25, -0.2) is 0 Å². The van der Waals surface area contributed by atoms with Crippen LogP contribution in [0.3, 0.4) is 0 Å². The van der Waals surface area contributed by atoms with Crippen LogP contribution in [0.25, 0.3) is 11.0 Å². The molecule has 0 N–H and O–H groups in total. The van der Waals surface area contributed by atoms with Gasteiger partial charge in [-0.3, -0.25) is 4.79 Å². The largest absolute Gasteiger partial charge is 0.496 e. The zero-order valence-corrected chi connectivity index (χ0v) is 15.2. The number of amides is 1. The lowest BCUT2D eigenvalue weighted by Crippen LogP contribution is -2.48. The van der Waals surface area contributed by atoms with E-state index in [2.05, 4.69) is 4.90 Å². The highest BCUT2D eigenvalue weighted by Crippen LogP contribution is 2.29. The zero-order chi connectivity index (χ0) is 18.1. The van der Waals surface area contributed by atoms with Gasteiger partial charge in [0.05, 0.1) is 18.8 Å². The molecule has 0 spiro atoms. The van der Waals surface area contributed by atoms with Gasteiger partial charge in [0.25, 0.3) is 5.91 Å². The fraction of sp³-hybridized carbons (Fsp3) is 0.250. The van der Waals surface area contributed by atoms with Crippen LogP contribution >= 0.6 is 11.6 Å². The Kier molecular flexibility index (Phi) is 4.47. The Balaban J connectivity index is 1.49. The molecule has 0 radical (unpaired) electrons. The number of anilines is 1. The number of ether oxygens (including phenoxy) is 1. The lowest BCUT2D eigenvalue weighted by atomic mass is 10.1. The van der Waals surface area contributed by atoms with Crippen LogP contribution in [0.4, 0.5) is 5.69 Å². The fourth-order valence-corrected chi connectivity index (χ4v) is 3.46. The summed E-state index contributed by atoms with van der Waals surface area (Å²) in [4.78, 5) is 17.0. The summed E-state index contributed by atoms with van der Waals surface area (Å²) in [6, 6.07) is 13.2. The molecule has 1 aliphatic heterocycles. The summed E-state index contributed by atoms with van der Waals surface area (Å²) >= 11 is 5.95. The molecule has 0 saturated carbocycles. The molecule has 1 fully saturated rings. The molecule has 2 heterocycles. The number of nitrogens with zero attached hydrogens (tertiary/aromatic N) is 2. The topological polar surface area (TPSA) is 45.9 Å². The highest BCUT2D eigenvalue weighted by Gasteiger charge is 2.23. The van der Waals surface area contributed by atoms with E-state index in [-0.39, 0.29) is 5.91 Å². The predicted octanol–water partition coefficient (Wildman–Crippen LogP) is 4.06. The van der Waals surface area contributed by atoms with E-state index >= 15 is 0 Å². The highest BCUT2D eigenvalue weighted by molar-refractivity contribution is 6.30. The maximum absolute atomic E-state index is 12.9. The van der Waals surface area contributed by atoms with Gasteiger partial charge in [0.1, 0.15) is 11.3 Å². The second kappa shape index (κ2) is 6.92. The molecule has 1 aliphatic rings. The number of halogens is 1. The average Bonchev–Trinajstić information content (AvgIpc) is 3.16. The smallest absolute Gasteiger partial charge is 0.254 e. The SMILES string of the molecule is COc1cc(C(=O)N2CCN(c3ccc(Cl)cc3)CC2)cc2occc12. The molecule has 1 amide bonds. The minimum absolute atomic E-state index is 0.00245. The van der Waals surface area contributed by atoms with E-state index in [9.17, 15) is 4.79 Å². The Hall–Kier alpha value is -2.66. The highest BCUT2D eigenvalue weighted by atomic mass is 35.5. The van der Waals surface area contributed by atoms with Crippen molar-refractivity contribution < 1.29 is 13.9 Å². The van der Waals surface area contributed by atoms with Gasteiger partial charge in [-0.15, -0.1) is 0 Å². The number of benzene rings is 2. The molecule has 1 aromatic heterocycles. The third-order valence-corrected chi connectivity index (χ3v) is 5.01. The Morgan fingerprint density at radius 2 is 1.81 bits per heavy atom. The van der Waals surface area contributed by atoms with E-state index in [1.807, 2.05) is 35.2 Å². The van der Waals surface area contributed by atoms with Crippen LogP contribution in [-0.2, 0) is 0 Å². The summed E-state index contributed by atoms with van der Waals surface area (Å²) in [5.41, 5.74) is 2.37. The van der Waals surface area contributed by atoms with E-state index in [0.717, 1.165) is 29.2 Å². The van der Waals surface area contributed by atoms with Gasteiger partial charge in [-0.05, 0) is 42.5 Å². The molecule has 2 aromatic carbocycles. The molecule has 0 bridgehead atoms. The van der Waals surface area contributed by atoms with Crippen LogP contribution < -0.4 is 9.64 Å². The third kappa shape index (κ3) is 3.10. The van der Waals surface area contributed by atoms with E-state index in [4.69, 9.17) is 20.8 Å². The number of hydrogen-bond acceptors (Lipinski definition) is 4. The van der Waals surface area contributed by atoms with Gasteiger partial charge in [0.15, 0.2) is 0 Å². The molecule has 3 aromatic rings. The van der Waals surface area contributed by atoms with Crippen molar-refractivity contribution in [3.63, 3.8) is 0 Å². The van der Waals surface area contributed by atoms with Crippen molar-refractivity contribution in [2.75, 3.05) is 38.2 Å². The van der Waals surface area contributed by atoms with Gasteiger partial charge in [0.2, 0.25) is 0 Å². The van der Waals surface area contributed by atoms with Gasteiger partial charge >= 0.3 is 0 Å². The van der Waals surface area contributed by atoms with Gasteiger partial charge in [0, 0.05) is 42.5 Å². The Morgan fingerprint density at radius 3 is 2.50 bits per heavy atom. The molecular weight excluding hydrogens is 352 g/mol. The molecule has 6 heteroatoms. The van der Waals surface area contributed by atoms with Crippen molar-refractivity contribution in [2.24, 2.45) is 0 Å². The summed E-state index contributed by atoms with van der Waals surface area (Å²) in [6.45, 7) is 2.90. The molecule has 0 unspecified atom stereocenters. The summed E-state index contributed by atoms with van der Waals surface area (Å²) < 4.78 is 10.9. The first-order valence-corrected chi connectivity index (χ1v) is 8.88. The number of methoxy groups -OCH3 is 1. The lowest BCUT2D eigenvalue weighted by molar-refractivity contribution is 0.0746. The summed E-state index contributed by atoms with van der Waals surface area (Å²) in [5.74, 6) is 0.650. The monoisotopic (exact) mass is 370 g/mol. The fourth-order valence-electron chi connectivity index (χ4n) is 3.33. The van der Waals surface area contributed by atoms with Crippen LogP contribution in [0.15, 0.2) is 53.1 Å². The first-order valence-electron chi connectivity index (χ1n) is 8.51. The Morgan fingerprint density at radius 1 is 1.08 bits per heavy atom. The van der Waals surface area contributed by atoms with Crippen molar-refractivity contribution in [1.82, 2.24) is 4.90 Å². The number of carbonyl (C=O) groups excluding carboxylic acids is 1. The molecule has 0 atom stereocenters. The van der Waals surface area contributed by atoms with Gasteiger partial charge < -0.3 is 19.0 Å². The minimum Gasteiger partial charge on any atom is -0.496 e. The molecule has 26 heavy (non-hydrogen) atoms. The Labute approximate surface area is 156 Å². The maximum atomic E-state index is 12.9. The number of carbonyl (C=O) groups is 1. The number of hydrogen-bond donors (Lipinski definition) is 0. The summed E-state index contributed by atoms with van der Waals surface area (Å²) in [6.07, 6.45) is 1.60. The van der Waals surface area contributed by atoms with Crippen LogP contribution in [0.5, 0.6) is 5.75 Å². The van der Waals surface area contributed by atoms with Crippen molar-refractivity contribution >= 4 is 34.2 Å². The van der Waals surface area contributed by atoms with E-state index in [1.165, 1.54) is 0 Å². The Bertz CT molecular complexity index is 928. The van der Waals surface area contributed by atoms with Crippen LogP contribution in [0.2, 0.25) is 5.02 Å². The first kappa shape index (κ1) is 16.8. The number of furan rings is 1. The maximum Gasteiger partial charge on any atom is 0.254 e. The van der Waals surface area contributed by atoms with Crippen LogP contribution in [0, 0.1) is 0 Å². The molecule has 0 aliphatic carbocycles. The van der Waals surface area contributed by atoms with Crippen molar-refractivity contribution in [3.8, 4) is 5.75 Å². The van der Waals surface area contributed by atoms with Gasteiger partial charge in [-0.2, -0.15) is 0 Å². The number of rotatable bonds is 3. The minimum atomic E-state index is -0.00245. The number of fused-ring (bicyclic) bond motifs is 1. The number of piperazine rings is 1. The molecule has 1 saturated heterocycles. The third-order valence-electron chi connectivity index (χ3n) is 4.76. The van der Waals surface area contributed by atoms with Crippen LogP contribution in [0.1, 0.15) is 10.4 Å². The quantitative estimate of drug-likeness (QED) is 0.697. The van der Waals surface area contributed by atoms with E-state index < -0.39 is 0 Å². The van der Waals surface area contributed by atoms with Crippen molar-refractivity contribution in [1.29, 1.82) is 0 Å². The van der Waals surface area contributed by atoms with Crippen LogP contribution in [-0.4, -0.2) is 44.1 Å². The predicted molar refractivity (Wildman–Crippen MR) is 102 cm³/mol. The summed E-state index contributed by atoms with van der Waals surface area (Å²) in [7, 11) is 1.60. The molecule has 4 rings (SSSR count). The van der Waals surface area contributed by atoms with Crippen molar-refractivity contribution in [3.05, 3.63) is 59.3 Å². The summed E-state index contributed by atoms with van der Waals surface area (Å²) in [5, 5.41) is 1.60. The second-order valence-corrected chi connectivity index (χ2v) is 6.70. The van der Waals surface area contributed by atoms with E-state index in [1.54, 1.807) is 25.5 Å². The normalized spacial score (nSPS) is 14.7. The zero-order valence-electron chi connectivity index (χ0n) is 14.4. The average molecular weight is 371 g/mol. The lowest BCUT2D eigenvalue weighted by Gasteiger charge is -2.36. The van der Waals surface area contributed by atoms with Crippen molar-refractivity contribution in [2.45, 2.75) is 0 Å². The first-order chi connectivity index (χ1) is 12.7.